The summed E-state index contributed by atoms with van der Waals surface area (Å²) in [5, 5.41) is 6.28. The molecule has 1 aromatic carbocycles. The molecule has 0 unspecified atom stereocenters. The smallest absolute Gasteiger partial charge is 0.230 e. The molecule has 0 atom stereocenters. The molecule has 6 nitrogen and oxygen atoms in total. The van der Waals surface area contributed by atoms with Crippen molar-refractivity contribution in [1.29, 1.82) is 0 Å². The van der Waals surface area contributed by atoms with E-state index < -0.39 is 0 Å². The summed E-state index contributed by atoms with van der Waals surface area (Å²) in [4.78, 5) is 23.5. The van der Waals surface area contributed by atoms with Crippen molar-refractivity contribution in [2.75, 3.05) is 24.6 Å². The van der Waals surface area contributed by atoms with Crippen LogP contribution in [-0.2, 0) is 11.3 Å². The third-order valence-electron chi connectivity index (χ3n) is 5.21. The van der Waals surface area contributed by atoms with Gasteiger partial charge in [0.15, 0.2) is 4.34 Å². The molecule has 1 aliphatic rings. The minimum atomic E-state index is 0.0419. The number of carbonyl (C=O) groups excluding carboxylic acids is 1. The molecule has 0 bridgehead atoms. The summed E-state index contributed by atoms with van der Waals surface area (Å²) < 4.78 is 0.856. The molecule has 1 aliphatic heterocycles. The molecule has 2 aromatic heterocycles. The van der Waals surface area contributed by atoms with Crippen LogP contribution in [0.15, 0.2) is 46.4 Å². The molecule has 4 rings (SSSR count). The number of carbonyl (C=O) groups is 1. The van der Waals surface area contributed by atoms with Gasteiger partial charge in [0.25, 0.3) is 0 Å². The molecular weight excluding hydrogens is 485 g/mol. The Morgan fingerprint density at radius 2 is 2.03 bits per heavy atom. The van der Waals surface area contributed by atoms with Crippen molar-refractivity contribution in [2.45, 2.75) is 29.8 Å². The lowest BCUT2D eigenvalue weighted by Gasteiger charge is -2.32. The third kappa shape index (κ3) is 6.36. The number of nitrogens with one attached hydrogen (secondary N) is 1. The molecule has 0 radical (unpaired) electrons. The van der Waals surface area contributed by atoms with Crippen LogP contribution in [0.1, 0.15) is 18.4 Å². The van der Waals surface area contributed by atoms with Gasteiger partial charge in [-0.3, -0.25) is 14.7 Å². The van der Waals surface area contributed by atoms with Gasteiger partial charge in [-0.05, 0) is 36.6 Å². The fraction of sp³-hybridized carbons (Fsp3) is 0.318. The van der Waals surface area contributed by atoms with Gasteiger partial charge >= 0.3 is 0 Å². The highest BCUT2D eigenvalue weighted by Crippen LogP contribution is 2.29. The monoisotopic (exact) mass is 507 g/mol. The van der Waals surface area contributed by atoms with Gasteiger partial charge in [0, 0.05) is 49.0 Å². The van der Waals surface area contributed by atoms with Crippen LogP contribution in [0.25, 0.3) is 11.3 Å². The van der Waals surface area contributed by atoms with Crippen molar-refractivity contribution in [3.8, 4) is 11.3 Å². The molecule has 1 saturated heterocycles. The number of benzene rings is 1. The summed E-state index contributed by atoms with van der Waals surface area (Å²) >= 11 is 15.1. The van der Waals surface area contributed by atoms with Gasteiger partial charge in [-0.15, -0.1) is 11.3 Å². The number of anilines is 1. The van der Waals surface area contributed by atoms with E-state index in [4.69, 9.17) is 28.9 Å². The number of piperidine rings is 1. The Balaban J connectivity index is 1.20. The van der Waals surface area contributed by atoms with Gasteiger partial charge in [-0.1, -0.05) is 41.0 Å². The van der Waals surface area contributed by atoms with E-state index in [1.165, 1.54) is 23.1 Å². The van der Waals surface area contributed by atoms with Crippen LogP contribution in [0.2, 0.25) is 10.0 Å². The van der Waals surface area contributed by atoms with E-state index in [0.717, 1.165) is 53.6 Å². The molecular formula is C22H23Cl2N5OS2. The molecule has 10 heteroatoms. The molecule has 0 aliphatic carbocycles. The molecule has 32 heavy (non-hydrogen) atoms. The topological polar surface area (TPSA) is 84.1 Å². The normalized spacial score (nSPS) is 15.1. The number of pyridine rings is 1. The average molecular weight is 509 g/mol. The van der Waals surface area contributed by atoms with E-state index in [2.05, 4.69) is 20.2 Å². The maximum absolute atomic E-state index is 12.4. The predicted molar refractivity (Wildman–Crippen MR) is 133 cm³/mol. The lowest BCUT2D eigenvalue weighted by molar-refractivity contribution is -0.119. The lowest BCUT2D eigenvalue weighted by atomic mass is 10.0. The molecule has 1 amide bonds. The Hall–Kier alpha value is -1.84. The Bertz CT molecular complexity index is 1090. The average Bonchev–Trinajstić information content (AvgIpc) is 3.26. The van der Waals surface area contributed by atoms with Gasteiger partial charge < -0.3 is 11.1 Å². The summed E-state index contributed by atoms with van der Waals surface area (Å²) in [6.45, 7) is 2.70. The van der Waals surface area contributed by atoms with Gasteiger partial charge in [0.1, 0.15) is 0 Å². The maximum Gasteiger partial charge on any atom is 0.230 e. The fourth-order valence-corrected chi connectivity index (χ4v) is 5.55. The van der Waals surface area contributed by atoms with Crippen LogP contribution >= 0.6 is 46.3 Å². The number of amides is 1. The van der Waals surface area contributed by atoms with Crippen molar-refractivity contribution in [3.05, 3.63) is 57.6 Å². The van der Waals surface area contributed by atoms with Gasteiger partial charge in [-0.25, -0.2) is 4.98 Å². The lowest BCUT2D eigenvalue weighted by Crippen LogP contribution is -2.44. The van der Waals surface area contributed by atoms with Gasteiger partial charge in [0.2, 0.25) is 5.91 Å². The van der Waals surface area contributed by atoms with E-state index in [1.807, 2.05) is 29.6 Å². The Morgan fingerprint density at radius 3 is 2.78 bits per heavy atom. The number of hydrogen-bond acceptors (Lipinski definition) is 7. The standard InChI is InChI=1S/C22H23Cl2N5OS2/c23-18-2-1-14(7-19(18)24)11-29-5-3-17(4-6-29)27-21(30)13-32-22-28-20(12-31-22)15-8-16(25)10-26-9-15/h1-2,7-10,12,17H,3-6,11,13,25H2,(H,27,30). The highest BCUT2D eigenvalue weighted by molar-refractivity contribution is 8.01. The van der Waals surface area contributed by atoms with E-state index in [9.17, 15) is 4.79 Å². The SMILES string of the molecule is Nc1cncc(-c2csc(SCC(=O)NC3CCN(Cc4ccc(Cl)c(Cl)c4)CC3)n2)c1. The number of nitrogens with two attached hydrogens (primary N) is 1. The van der Waals surface area contributed by atoms with Crippen LogP contribution in [-0.4, -0.2) is 45.7 Å². The minimum Gasteiger partial charge on any atom is -0.397 e. The van der Waals surface area contributed by atoms with Crippen LogP contribution < -0.4 is 11.1 Å². The number of thiazole rings is 1. The van der Waals surface area contributed by atoms with E-state index >= 15 is 0 Å². The van der Waals surface area contributed by atoms with Crippen molar-refractivity contribution in [2.24, 2.45) is 0 Å². The molecule has 3 heterocycles. The van der Waals surface area contributed by atoms with Crippen molar-refractivity contribution in [1.82, 2.24) is 20.2 Å². The quantitative estimate of drug-likeness (QED) is 0.439. The summed E-state index contributed by atoms with van der Waals surface area (Å²) in [5.41, 5.74) is 9.25. The zero-order valence-electron chi connectivity index (χ0n) is 17.3. The zero-order chi connectivity index (χ0) is 22.5. The largest absolute Gasteiger partial charge is 0.397 e. The number of hydrogen-bond donors (Lipinski definition) is 2. The van der Waals surface area contributed by atoms with E-state index in [-0.39, 0.29) is 11.9 Å². The summed E-state index contributed by atoms with van der Waals surface area (Å²) in [6, 6.07) is 7.81. The number of thioether (sulfide) groups is 1. The molecule has 3 N–H and O–H groups in total. The third-order valence-corrected chi connectivity index (χ3v) is 7.97. The maximum atomic E-state index is 12.4. The molecule has 0 spiro atoms. The first kappa shape index (κ1) is 23.3. The molecule has 1 fully saturated rings. The highest BCUT2D eigenvalue weighted by atomic mass is 35.5. The van der Waals surface area contributed by atoms with Crippen LogP contribution in [0, 0.1) is 0 Å². The van der Waals surface area contributed by atoms with Crippen molar-refractivity contribution in [3.63, 3.8) is 0 Å². The van der Waals surface area contributed by atoms with Crippen LogP contribution in [0.3, 0.4) is 0 Å². The number of nitrogen functional groups attached to an aromatic ring is 1. The van der Waals surface area contributed by atoms with E-state index in [1.54, 1.807) is 12.4 Å². The Labute approximate surface area is 205 Å². The fourth-order valence-electron chi connectivity index (χ4n) is 3.58. The zero-order valence-corrected chi connectivity index (χ0v) is 20.4. The van der Waals surface area contributed by atoms with Crippen LogP contribution in [0.4, 0.5) is 5.69 Å². The summed E-state index contributed by atoms with van der Waals surface area (Å²) in [6.07, 6.45) is 5.21. The minimum absolute atomic E-state index is 0.0419. The van der Waals surface area contributed by atoms with Crippen LogP contribution in [0.5, 0.6) is 0 Å². The first-order valence-electron chi connectivity index (χ1n) is 10.2. The Kier molecular flexibility index (Phi) is 7.91. The summed E-state index contributed by atoms with van der Waals surface area (Å²) in [5.74, 6) is 0.395. The highest BCUT2D eigenvalue weighted by Gasteiger charge is 2.21. The second kappa shape index (κ2) is 10.9. The number of aromatic nitrogens is 2. The second-order valence-corrected chi connectivity index (χ2v) is 10.6. The van der Waals surface area contributed by atoms with Gasteiger partial charge in [-0.2, -0.15) is 0 Å². The van der Waals surface area contributed by atoms with Crippen molar-refractivity contribution >= 4 is 57.9 Å². The first-order chi connectivity index (χ1) is 15.5. The second-order valence-electron chi connectivity index (χ2n) is 7.66. The number of nitrogens with zero attached hydrogens (tertiary/aromatic N) is 3. The van der Waals surface area contributed by atoms with E-state index in [0.29, 0.717) is 21.5 Å². The molecule has 0 saturated carbocycles. The van der Waals surface area contributed by atoms with Gasteiger partial charge in [0.05, 0.1) is 27.2 Å². The predicted octanol–water partition coefficient (Wildman–Crippen LogP) is 4.97. The number of likely N-dealkylation sites (tertiary alicyclic amines) is 1. The van der Waals surface area contributed by atoms with Crippen molar-refractivity contribution < 1.29 is 4.79 Å². The Morgan fingerprint density at radius 1 is 1.22 bits per heavy atom. The number of halogens is 2. The molecule has 3 aromatic rings. The number of rotatable bonds is 7. The first-order valence-corrected chi connectivity index (χ1v) is 12.8. The summed E-state index contributed by atoms with van der Waals surface area (Å²) in [7, 11) is 0. The molecule has 168 valence electrons.